The highest BCUT2D eigenvalue weighted by Crippen LogP contribution is 2.34. The smallest absolute Gasteiger partial charge is 0.137 e. The van der Waals surface area contributed by atoms with Gasteiger partial charge in [0.1, 0.15) is 11.5 Å². The number of ketones is 1. The molecule has 0 saturated carbocycles. The van der Waals surface area contributed by atoms with Crippen molar-refractivity contribution in [3.8, 4) is 16.9 Å². The Morgan fingerprint density at radius 2 is 1.74 bits per heavy atom. The van der Waals surface area contributed by atoms with E-state index >= 15 is 0 Å². The van der Waals surface area contributed by atoms with Crippen LogP contribution in [0.15, 0.2) is 97.2 Å². The van der Waals surface area contributed by atoms with Gasteiger partial charge in [-0.2, -0.15) is 0 Å². The summed E-state index contributed by atoms with van der Waals surface area (Å²) >= 11 is 0. The number of hydrogen-bond donors (Lipinski definition) is 1. The largest absolute Gasteiger partial charge is 0.508 e. The molecule has 0 saturated heterocycles. The van der Waals surface area contributed by atoms with E-state index in [9.17, 15) is 9.90 Å². The van der Waals surface area contributed by atoms with Crippen molar-refractivity contribution in [3.63, 3.8) is 0 Å². The molecule has 3 nitrogen and oxygen atoms in total. The third kappa shape index (κ3) is 5.25. The maximum atomic E-state index is 13.3. The average molecular weight is 460 g/mol. The van der Waals surface area contributed by atoms with Gasteiger partial charge in [0.2, 0.25) is 0 Å². The van der Waals surface area contributed by atoms with E-state index in [1.54, 1.807) is 12.1 Å². The molecular formula is C32H29NO2. The van der Waals surface area contributed by atoms with Gasteiger partial charge in [-0.1, -0.05) is 66.7 Å². The summed E-state index contributed by atoms with van der Waals surface area (Å²) in [6.45, 7) is 2.12. The summed E-state index contributed by atoms with van der Waals surface area (Å²) in [6.07, 6.45) is 6.34. The number of pyridine rings is 1. The lowest BCUT2D eigenvalue weighted by atomic mass is 9.87. The molecular weight excluding hydrogens is 430 g/mol. The Morgan fingerprint density at radius 3 is 2.57 bits per heavy atom. The number of rotatable bonds is 8. The minimum atomic E-state index is -0.0143. The maximum absolute atomic E-state index is 13.3. The second kappa shape index (κ2) is 10.1. The van der Waals surface area contributed by atoms with Gasteiger partial charge < -0.3 is 5.11 Å². The molecule has 0 amide bonds. The highest BCUT2D eigenvalue weighted by Gasteiger charge is 2.22. The summed E-state index contributed by atoms with van der Waals surface area (Å²) in [5.41, 5.74) is 8.85. The zero-order valence-corrected chi connectivity index (χ0v) is 19.9. The molecule has 35 heavy (non-hydrogen) atoms. The van der Waals surface area contributed by atoms with Gasteiger partial charge >= 0.3 is 0 Å². The Bertz CT molecular complexity index is 1390. The van der Waals surface area contributed by atoms with Crippen molar-refractivity contribution in [1.82, 2.24) is 4.98 Å². The van der Waals surface area contributed by atoms with Crippen LogP contribution in [0.25, 0.3) is 16.7 Å². The fourth-order valence-electron chi connectivity index (χ4n) is 5.03. The fourth-order valence-corrected chi connectivity index (χ4v) is 5.03. The predicted molar refractivity (Wildman–Crippen MR) is 141 cm³/mol. The van der Waals surface area contributed by atoms with Crippen molar-refractivity contribution in [3.05, 3.63) is 125 Å². The number of carbonyl (C=O) groups excluding carboxylic acids is 1. The molecule has 3 aromatic carbocycles. The summed E-state index contributed by atoms with van der Waals surface area (Å²) in [6, 6.07) is 28.3. The number of nitrogens with zero attached hydrogens (tertiary/aromatic N) is 1. The van der Waals surface area contributed by atoms with Crippen LogP contribution in [-0.2, 0) is 17.6 Å². The van der Waals surface area contributed by atoms with Crippen LogP contribution < -0.4 is 0 Å². The van der Waals surface area contributed by atoms with Crippen LogP contribution in [-0.4, -0.2) is 15.9 Å². The molecule has 4 aromatic rings. The standard InChI is InChI=1S/C32H29NO2/c1-22-7-5-6-10-30(22)26-15-16-33-32(20-26)27(17-23-8-3-2-4-9-23)19-29(35)18-25-12-11-24-13-14-28(34)21-31(24)25/h2-10,12-16,20-21,27,34H,11,17-19H2,1H3. The van der Waals surface area contributed by atoms with E-state index in [1.807, 2.05) is 42.6 Å². The predicted octanol–water partition coefficient (Wildman–Crippen LogP) is 7.08. The van der Waals surface area contributed by atoms with Gasteiger partial charge in [0.25, 0.3) is 0 Å². The molecule has 1 atom stereocenters. The van der Waals surface area contributed by atoms with E-state index in [0.29, 0.717) is 12.8 Å². The van der Waals surface area contributed by atoms with Crippen molar-refractivity contribution in [2.45, 2.75) is 38.5 Å². The minimum Gasteiger partial charge on any atom is -0.508 e. The molecule has 174 valence electrons. The molecule has 1 N–H and O–H groups in total. The number of aromatic hydroxyl groups is 1. The third-order valence-electron chi connectivity index (χ3n) is 6.85. The number of allylic oxidation sites excluding steroid dienone is 2. The maximum Gasteiger partial charge on any atom is 0.137 e. The first-order chi connectivity index (χ1) is 17.1. The van der Waals surface area contributed by atoms with Crippen molar-refractivity contribution in [1.29, 1.82) is 0 Å². The van der Waals surface area contributed by atoms with Crippen LogP contribution in [0.3, 0.4) is 0 Å². The molecule has 5 rings (SSSR count). The molecule has 0 bridgehead atoms. The summed E-state index contributed by atoms with van der Waals surface area (Å²) < 4.78 is 0. The van der Waals surface area contributed by atoms with Crippen molar-refractivity contribution < 1.29 is 9.90 Å². The molecule has 1 aliphatic rings. The Morgan fingerprint density at radius 1 is 0.943 bits per heavy atom. The normalized spacial score (nSPS) is 13.2. The zero-order chi connectivity index (χ0) is 24.2. The highest BCUT2D eigenvalue weighted by atomic mass is 16.3. The molecule has 0 spiro atoms. The number of aromatic nitrogens is 1. The first-order valence-electron chi connectivity index (χ1n) is 12.2. The van der Waals surface area contributed by atoms with E-state index in [2.05, 4.69) is 49.4 Å². The lowest BCUT2D eigenvalue weighted by Gasteiger charge is -2.18. The number of fused-ring (bicyclic) bond motifs is 1. The van der Waals surface area contributed by atoms with Gasteiger partial charge in [-0.3, -0.25) is 9.78 Å². The quantitative estimate of drug-likeness (QED) is 0.306. The van der Waals surface area contributed by atoms with Crippen molar-refractivity contribution in [2.75, 3.05) is 0 Å². The molecule has 1 aromatic heterocycles. The molecule has 0 radical (unpaired) electrons. The molecule has 0 fully saturated rings. The third-order valence-corrected chi connectivity index (χ3v) is 6.85. The van der Waals surface area contributed by atoms with Gasteiger partial charge in [0.05, 0.1) is 0 Å². The van der Waals surface area contributed by atoms with Crippen molar-refractivity contribution in [2.24, 2.45) is 0 Å². The lowest BCUT2D eigenvalue weighted by molar-refractivity contribution is -0.118. The summed E-state index contributed by atoms with van der Waals surface area (Å²) in [5.74, 6) is 0.416. The minimum absolute atomic E-state index is 0.0143. The number of carbonyl (C=O) groups is 1. The molecule has 0 aliphatic heterocycles. The summed E-state index contributed by atoms with van der Waals surface area (Å²) in [5, 5.41) is 9.93. The summed E-state index contributed by atoms with van der Waals surface area (Å²) in [4.78, 5) is 18.1. The Labute approximate surface area is 206 Å². The van der Waals surface area contributed by atoms with Crippen LogP contribution in [0.2, 0.25) is 0 Å². The molecule has 3 heteroatoms. The first-order valence-corrected chi connectivity index (χ1v) is 12.2. The number of aryl methyl sites for hydroxylation is 1. The Kier molecular flexibility index (Phi) is 6.58. The summed E-state index contributed by atoms with van der Waals surface area (Å²) in [7, 11) is 0. The first kappa shape index (κ1) is 22.8. The number of phenols is 1. The topological polar surface area (TPSA) is 50.2 Å². The van der Waals surface area contributed by atoms with E-state index in [-0.39, 0.29) is 17.5 Å². The van der Waals surface area contributed by atoms with Gasteiger partial charge in [-0.05, 0) is 83.0 Å². The van der Waals surface area contributed by atoms with Gasteiger partial charge in [-0.25, -0.2) is 0 Å². The fraction of sp³-hybridized carbons (Fsp3) is 0.188. The Balaban J connectivity index is 1.41. The Hall–Kier alpha value is -3.98. The number of Topliss-reactive ketones (excluding diaryl/α,β-unsaturated/α-hetero) is 1. The SMILES string of the molecule is Cc1ccccc1-c1ccnc(C(CC(=O)CC2=CCc3ccc(O)cc32)Cc2ccccc2)c1. The number of hydrogen-bond acceptors (Lipinski definition) is 3. The second-order valence-electron chi connectivity index (χ2n) is 9.37. The van der Waals surface area contributed by atoms with Crippen LogP contribution in [0.4, 0.5) is 0 Å². The van der Waals surface area contributed by atoms with Crippen molar-refractivity contribution >= 4 is 11.4 Å². The van der Waals surface area contributed by atoms with Gasteiger partial charge in [0, 0.05) is 30.7 Å². The van der Waals surface area contributed by atoms with Gasteiger partial charge in [-0.15, -0.1) is 0 Å². The van der Waals surface area contributed by atoms with E-state index < -0.39 is 0 Å². The van der Waals surface area contributed by atoms with Crippen LogP contribution in [0, 0.1) is 6.92 Å². The zero-order valence-electron chi connectivity index (χ0n) is 19.9. The van der Waals surface area contributed by atoms with Gasteiger partial charge in [0.15, 0.2) is 0 Å². The monoisotopic (exact) mass is 459 g/mol. The highest BCUT2D eigenvalue weighted by molar-refractivity contribution is 5.92. The second-order valence-corrected chi connectivity index (χ2v) is 9.37. The average Bonchev–Trinajstić information content (AvgIpc) is 3.26. The van der Waals surface area contributed by atoms with Crippen LogP contribution in [0.5, 0.6) is 5.75 Å². The molecule has 1 heterocycles. The molecule has 1 aliphatic carbocycles. The van der Waals surface area contributed by atoms with E-state index in [1.165, 1.54) is 22.3 Å². The van der Waals surface area contributed by atoms with E-state index in [4.69, 9.17) is 4.98 Å². The lowest BCUT2D eigenvalue weighted by Crippen LogP contribution is -2.12. The number of benzene rings is 3. The molecule has 1 unspecified atom stereocenters. The number of phenolic OH excluding ortho intramolecular Hbond substituents is 1. The van der Waals surface area contributed by atoms with Crippen LogP contribution >= 0.6 is 0 Å². The van der Waals surface area contributed by atoms with E-state index in [0.717, 1.165) is 35.2 Å². The van der Waals surface area contributed by atoms with Crippen LogP contribution in [0.1, 0.15) is 46.7 Å².